The summed E-state index contributed by atoms with van der Waals surface area (Å²) in [5, 5.41) is 18.6. The molecular formula is C10H18O2. The molecule has 0 aromatic heterocycles. The molecule has 0 amide bonds. The number of hydrogen-bond donors (Lipinski definition) is 2. The maximum atomic E-state index is 9.51. The maximum absolute atomic E-state index is 9.51. The van der Waals surface area contributed by atoms with Gasteiger partial charge in [0.25, 0.3) is 0 Å². The van der Waals surface area contributed by atoms with Gasteiger partial charge >= 0.3 is 0 Å². The van der Waals surface area contributed by atoms with Gasteiger partial charge in [0.2, 0.25) is 0 Å². The van der Waals surface area contributed by atoms with Gasteiger partial charge in [0.1, 0.15) is 0 Å². The number of aliphatic hydroxyl groups is 2. The fourth-order valence-corrected chi connectivity index (χ4v) is 3.10. The Kier molecular flexibility index (Phi) is 2.37. The summed E-state index contributed by atoms with van der Waals surface area (Å²) < 4.78 is 0. The van der Waals surface area contributed by atoms with Crippen molar-refractivity contribution in [2.45, 2.75) is 38.2 Å². The van der Waals surface area contributed by atoms with E-state index in [2.05, 4.69) is 0 Å². The topological polar surface area (TPSA) is 40.5 Å². The van der Waals surface area contributed by atoms with Gasteiger partial charge in [-0.1, -0.05) is 0 Å². The van der Waals surface area contributed by atoms with Gasteiger partial charge in [-0.25, -0.2) is 0 Å². The third-order valence-electron chi connectivity index (χ3n) is 3.47. The highest BCUT2D eigenvalue weighted by Gasteiger charge is 2.34. The van der Waals surface area contributed by atoms with Gasteiger partial charge in [-0.05, 0) is 49.9 Å². The second-order valence-electron chi connectivity index (χ2n) is 4.61. The molecule has 0 aliphatic heterocycles. The first-order chi connectivity index (χ1) is 5.78. The van der Waals surface area contributed by atoms with Crippen molar-refractivity contribution in [2.24, 2.45) is 17.8 Å². The second-order valence-corrected chi connectivity index (χ2v) is 4.61. The van der Waals surface area contributed by atoms with E-state index in [-0.39, 0.29) is 6.10 Å². The highest BCUT2D eigenvalue weighted by Crippen LogP contribution is 2.42. The first kappa shape index (κ1) is 8.52. The highest BCUT2D eigenvalue weighted by molar-refractivity contribution is 4.86. The van der Waals surface area contributed by atoms with Gasteiger partial charge in [-0.3, -0.25) is 0 Å². The van der Waals surface area contributed by atoms with Crippen molar-refractivity contribution in [3.63, 3.8) is 0 Å². The third kappa shape index (κ3) is 1.64. The molecule has 2 N–H and O–H groups in total. The van der Waals surface area contributed by atoms with E-state index in [0.717, 1.165) is 25.7 Å². The van der Waals surface area contributed by atoms with Crippen molar-refractivity contribution in [1.82, 2.24) is 0 Å². The molecular weight excluding hydrogens is 152 g/mol. The number of aliphatic hydroxyl groups excluding tert-OH is 2. The Labute approximate surface area is 73.6 Å². The quantitative estimate of drug-likeness (QED) is 0.620. The summed E-state index contributed by atoms with van der Waals surface area (Å²) >= 11 is 0. The molecule has 0 aromatic rings. The van der Waals surface area contributed by atoms with Gasteiger partial charge in [0, 0.05) is 6.61 Å². The van der Waals surface area contributed by atoms with Crippen molar-refractivity contribution >= 4 is 0 Å². The van der Waals surface area contributed by atoms with Crippen molar-refractivity contribution in [3.05, 3.63) is 0 Å². The average molecular weight is 170 g/mol. The summed E-state index contributed by atoms with van der Waals surface area (Å²) in [6, 6.07) is 0. The van der Waals surface area contributed by atoms with Crippen LogP contribution in [0.25, 0.3) is 0 Å². The Bertz CT molecular complexity index is 140. The van der Waals surface area contributed by atoms with Gasteiger partial charge in [-0.15, -0.1) is 0 Å². The van der Waals surface area contributed by atoms with Crippen molar-refractivity contribution in [1.29, 1.82) is 0 Å². The summed E-state index contributed by atoms with van der Waals surface area (Å²) in [7, 11) is 0. The first-order valence-corrected chi connectivity index (χ1v) is 5.07. The SMILES string of the molecule is OCC1C[C@H]2CC(O)C[C@H](C1)C2. The van der Waals surface area contributed by atoms with Gasteiger partial charge < -0.3 is 10.2 Å². The summed E-state index contributed by atoms with van der Waals surface area (Å²) in [5.74, 6) is 1.93. The molecule has 2 bridgehead atoms. The monoisotopic (exact) mass is 170 g/mol. The normalized spacial score (nSPS) is 47.5. The predicted octanol–water partition coefficient (Wildman–Crippen LogP) is 1.17. The fraction of sp³-hybridized carbons (Fsp3) is 1.00. The van der Waals surface area contributed by atoms with Crippen LogP contribution in [0.2, 0.25) is 0 Å². The molecule has 0 saturated heterocycles. The molecule has 2 rings (SSSR count). The van der Waals surface area contributed by atoms with E-state index in [1.807, 2.05) is 0 Å². The molecule has 2 aliphatic carbocycles. The minimum atomic E-state index is -0.0478. The first-order valence-electron chi connectivity index (χ1n) is 5.07. The number of rotatable bonds is 1. The molecule has 2 saturated carbocycles. The Morgan fingerprint density at radius 2 is 1.50 bits per heavy atom. The standard InChI is InChI=1S/C10H18O2/c11-6-9-2-7-1-8(3-9)5-10(12)4-7/h7-12H,1-6H2/t7-,8-,9?,10?/m0/s1. The summed E-state index contributed by atoms with van der Waals surface area (Å²) in [6.45, 7) is 0.350. The molecule has 12 heavy (non-hydrogen) atoms. The zero-order valence-electron chi connectivity index (χ0n) is 7.45. The van der Waals surface area contributed by atoms with Crippen LogP contribution in [0.4, 0.5) is 0 Å². The molecule has 70 valence electrons. The maximum Gasteiger partial charge on any atom is 0.0545 e. The van der Waals surface area contributed by atoms with Gasteiger partial charge in [-0.2, -0.15) is 0 Å². The summed E-state index contributed by atoms with van der Waals surface area (Å²) in [6.07, 6.45) is 5.50. The largest absolute Gasteiger partial charge is 0.396 e. The average Bonchev–Trinajstić information content (AvgIpc) is 2.02. The molecule has 0 aromatic carbocycles. The summed E-state index contributed by atoms with van der Waals surface area (Å²) in [4.78, 5) is 0. The van der Waals surface area contributed by atoms with Crippen LogP contribution >= 0.6 is 0 Å². The minimum Gasteiger partial charge on any atom is -0.396 e. The molecule has 0 radical (unpaired) electrons. The van der Waals surface area contributed by atoms with E-state index in [1.54, 1.807) is 0 Å². The van der Waals surface area contributed by atoms with Crippen LogP contribution in [0, 0.1) is 17.8 Å². The third-order valence-corrected chi connectivity index (χ3v) is 3.47. The molecule has 2 nitrogen and oxygen atoms in total. The molecule has 0 unspecified atom stereocenters. The van der Waals surface area contributed by atoms with Crippen molar-refractivity contribution in [2.75, 3.05) is 6.61 Å². The predicted molar refractivity (Wildman–Crippen MR) is 46.6 cm³/mol. The van der Waals surface area contributed by atoms with E-state index in [4.69, 9.17) is 5.11 Å². The zero-order valence-corrected chi connectivity index (χ0v) is 7.45. The van der Waals surface area contributed by atoms with E-state index in [9.17, 15) is 5.11 Å². The number of hydrogen-bond acceptors (Lipinski definition) is 2. The van der Waals surface area contributed by atoms with Crippen LogP contribution in [-0.2, 0) is 0 Å². The van der Waals surface area contributed by atoms with Crippen molar-refractivity contribution < 1.29 is 10.2 Å². The lowest BCUT2D eigenvalue weighted by molar-refractivity contribution is 0.0146. The van der Waals surface area contributed by atoms with Crippen LogP contribution in [0.15, 0.2) is 0 Å². The Balaban J connectivity index is 1.96. The smallest absolute Gasteiger partial charge is 0.0545 e. The molecule has 0 heterocycles. The van der Waals surface area contributed by atoms with Crippen LogP contribution in [-0.4, -0.2) is 22.9 Å². The van der Waals surface area contributed by atoms with E-state index in [0.29, 0.717) is 24.4 Å². The Morgan fingerprint density at radius 1 is 0.917 bits per heavy atom. The minimum absolute atomic E-state index is 0.0478. The van der Waals surface area contributed by atoms with Gasteiger partial charge in [0.05, 0.1) is 6.10 Å². The highest BCUT2D eigenvalue weighted by atomic mass is 16.3. The molecule has 2 aliphatic rings. The van der Waals surface area contributed by atoms with E-state index < -0.39 is 0 Å². The van der Waals surface area contributed by atoms with Crippen LogP contribution in [0.3, 0.4) is 0 Å². The lowest BCUT2D eigenvalue weighted by Gasteiger charge is -2.40. The van der Waals surface area contributed by atoms with Crippen LogP contribution in [0.5, 0.6) is 0 Å². The summed E-state index contributed by atoms with van der Waals surface area (Å²) in [5.41, 5.74) is 0. The van der Waals surface area contributed by atoms with E-state index in [1.165, 1.54) is 6.42 Å². The zero-order chi connectivity index (χ0) is 8.55. The fourth-order valence-electron chi connectivity index (χ4n) is 3.10. The second kappa shape index (κ2) is 3.35. The molecule has 0 spiro atoms. The Hall–Kier alpha value is -0.0800. The lowest BCUT2D eigenvalue weighted by atomic mass is 9.67. The van der Waals surface area contributed by atoms with Crippen LogP contribution < -0.4 is 0 Å². The molecule has 2 heteroatoms. The number of fused-ring (bicyclic) bond motifs is 2. The van der Waals surface area contributed by atoms with Crippen molar-refractivity contribution in [3.8, 4) is 0 Å². The Morgan fingerprint density at radius 3 is 2.00 bits per heavy atom. The van der Waals surface area contributed by atoms with Gasteiger partial charge in [0.15, 0.2) is 0 Å². The van der Waals surface area contributed by atoms with E-state index >= 15 is 0 Å². The molecule has 2 atom stereocenters. The molecule has 2 fully saturated rings. The van der Waals surface area contributed by atoms with Crippen LogP contribution in [0.1, 0.15) is 32.1 Å². The lowest BCUT2D eigenvalue weighted by Crippen LogP contribution is -2.34.